The first kappa shape index (κ1) is 15.8. The summed E-state index contributed by atoms with van der Waals surface area (Å²) in [5, 5.41) is 14.2. The first-order valence-corrected chi connectivity index (χ1v) is 8.47. The number of thioether (sulfide) groups is 1. The summed E-state index contributed by atoms with van der Waals surface area (Å²) in [7, 11) is 0. The molecule has 1 heterocycles. The maximum atomic E-state index is 5.99. The third kappa shape index (κ3) is 4.21. The van der Waals surface area contributed by atoms with Crippen LogP contribution in [0, 0.1) is 6.92 Å². The van der Waals surface area contributed by atoms with E-state index in [-0.39, 0.29) is 0 Å². The fourth-order valence-electron chi connectivity index (χ4n) is 1.99. The van der Waals surface area contributed by atoms with Crippen LogP contribution < -0.4 is 0 Å². The lowest BCUT2D eigenvalue weighted by molar-refractivity contribution is 0.744. The monoisotopic (exact) mass is 342 g/mol. The van der Waals surface area contributed by atoms with Crippen LogP contribution in [0.3, 0.4) is 0 Å². The van der Waals surface area contributed by atoms with Crippen molar-refractivity contribution < 1.29 is 0 Å². The van der Waals surface area contributed by atoms with E-state index in [1.54, 1.807) is 22.7 Å². The average Bonchev–Trinajstić information content (AvgIpc) is 2.92. The molecule has 4 nitrogen and oxygen atoms in total. The standard InChI is InChI=1S/C17H15ClN4S/c1-13-20-21-17(23-12-14-6-3-2-4-7-14)22(13)19-11-15-8-5-9-16(18)10-15/h2-11H,12H2,1H3/b19-11-. The quantitative estimate of drug-likeness (QED) is 0.509. The summed E-state index contributed by atoms with van der Waals surface area (Å²) in [6.07, 6.45) is 1.76. The molecule has 0 aliphatic rings. The molecular formula is C17H15ClN4S. The van der Waals surface area contributed by atoms with Crippen LogP contribution in [0.2, 0.25) is 5.02 Å². The lowest BCUT2D eigenvalue weighted by Gasteiger charge is -2.02. The zero-order valence-electron chi connectivity index (χ0n) is 12.6. The number of hydrogen-bond acceptors (Lipinski definition) is 4. The van der Waals surface area contributed by atoms with Crippen LogP contribution >= 0.6 is 23.4 Å². The predicted molar refractivity (Wildman–Crippen MR) is 95.2 cm³/mol. The minimum atomic E-state index is 0.688. The van der Waals surface area contributed by atoms with Gasteiger partial charge in [0.1, 0.15) is 0 Å². The molecule has 0 bridgehead atoms. The molecule has 3 rings (SSSR count). The zero-order chi connectivity index (χ0) is 16.1. The number of halogens is 1. The van der Waals surface area contributed by atoms with E-state index in [2.05, 4.69) is 27.4 Å². The van der Waals surface area contributed by atoms with Crippen molar-refractivity contribution in [2.24, 2.45) is 5.10 Å². The predicted octanol–water partition coefficient (Wildman–Crippen LogP) is 4.41. The molecule has 0 N–H and O–H groups in total. The van der Waals surface area contributed by atoms with Gasteiger partial charge in [0.2, 0.25) is 5.16 Å². The molecule has 0 unspecified atom stereocenters. The van der Waals surface area contributed by atoms with E-state index in [9.17, 15) is 0 Å². The molecule has 23 heavy (non-hydrogen) atoms. The van der Waals surface area contributed by atoms with Crippen LogP contribution in [0.25, 0.3) is 0 Å². The van der Waals surface area contributed by atoms with Crippen molar-refractivity contribution in [2.45, 2.75) is 17.8 Å². The minimum Gasteiger partial charge on any atom is -0.192 e. The van der Waals surface area contributed by atoms with E-state index >= 15 is 0 Å². The van der Waals surface area contributed by atoms with Crippen molar-refractivity contribution in [3.8, 4) is 0 Å². The Morgan fingerprint density at radius 3 is 2.74 bits per heavy atom. The average molecular weight is 343 g/mol. The lowest BCUT2D eigenvalue weighted by Crippen LogP contribution is -1.96. The van der Waals surface area contributed by atoms with E-state index in [1.807, 2.05) is 49.4 Å². The van der Waals surface area contributed by atoms with Crippen molar-refractivity contribution in [2.75, 3.05) is 0 Å². The molecule has 0 aliphatic carbocycles. The molecule has 1 aromatic heterocycles. The Morgan fingerprint density at radius 1 is 1.13 bits per heavy atom. The zero-order valence-corrected chi connectivity index (χ0v) is 14.1. The summed E-state index contributed by atoms with van der Waals surface area (Å²) < 4.78 is 1.74. The van der Waals surface area contributed by atoms with Crippen LogP contribution in [0.1, 0.15) is 17.0 Å². The van der Waals surface area contributed by atoms with Gasteiger partial charge >= 0.3 is 0 Å². The summed E-state index contributed by atoms with van der Waals surface area (Å²) in [5.74, 6) is 1.57. The highest BCUT2D eigenvalue weighted by Gasteiger charge is 2.08. The van der Waals surface area contributed by atoms with Crippen LogP contribution in [0.4, 0.5) is 0 Å². The Morgan fingerprint density at radius 2 is 1.96 bits per heavy atom. The first-order valence-electron chi connectivity index (χ1n) is 7.11. The fourth-order valence-corrected chi connectivity index (χ4v) is 3.08. The Hall–Kier alpha value is -2.11. The van der Waals surface area contributed by atoms with Crippen LogP contribution in [-0.4, -0.2) is 21.1 Å². The SMILES string of the molecule is Cc1nnc(SCc2ccccc2)n1/N=C\c1cccc(Cl)c1. The molecule has 0 fully saturated rings. The number of rotatable bonds is 5. The van der Waals surface area contributed by atoms with Gasteiger partial charge in [0.05, 0.1) is 6.21 Å². The summed E-state index contributed by atoms with van der Waals surface area (Å²) in [5.41, 5.74) is 2.17. The van der Waals surface area contributed by atoms with Gasteiger partial charge in [-0.2, -0.15) is 9.78 Å². The van der Waals surface area contributed by atoms with Gasteiger partial charge in [-0.1, -0.05) is 65.8 Å². The van der Waals surface area contributed by atoms with Crippen molar-refractivity contribution in [3.63, 3.8) is 0 Å². The molecule has 0 aliphatic heterocycles. The number of benzene rings is 2. The smallest absolute Gasteiger partial charge is 0.192 e. The Bertz CT molecular complexity index is 814. The number of aromatic nitrogens is 3. The first-order chi connectivity index (χ1) is 11.2. The Kier molecular flexibility index (Phi) is 5.10. The largest absolute Gasteiger partial charge is 0.212 e. The van der Waals surface area contributed by atoms with Gasteiger partial charge in [0.15, 0.2) is 5.82 Å². The summed E-state index contributed by atoms with van der Waals surface area (Å²) in [4.78, 5) is 0. The molecule has 2 aromatic carbocycles. The van der Waals surface area contributed by atoms with Gasteiger partial charge < -0.3 is 0 Å². The second-order valence-corrected chi connectivity index (χ2v) is 6.29. The third-order valence-electron chi connectivity index (χ3n) is 3.15. The summed E-state index contributed by atoms with van der Waals surface area (Å²) >= 11 is 7.60. The Labute approximate surface area is 144 Å². The summed E-state index contributed by atoms with van der Waals surface area (Å²) in [6.45, 7) is 1.88. The Balaban J connectivity index is 1.76. The van der Waals surface area contributed by atoms with Gasteiger partial charge in [0.25, 0.3) is 0 Å². The molecule has 0 atom stereocenters. The fraction of sp³-hybridized carbons (Fsp3) is 0.118. The molecular weight excluding hydrogens is 328 g/mol. The van der Waals surface area contributed by atoms with Crippen molar-refractivity contribution in [1.29, 1.82) is 0 Å². The van der Waals surface area contributed by atoms with Crippen LogP contribution in [0.15, 0.2) is 64.9 Å². The molecule has 116 valence electrons. The second kappa shape index (κ2) is 7.44. The maximum Gasteiger partial charge on any atom is 0.212 e. The number of nitrogens with zero attached hydrogens (tertiary/aromatic N) is 4. The van der Waals surface area contributed by atoms with E-state index in [4.69, 9.17) is 11.6 Å². The topological polar surface area (TPSA) is 43.1 Å². The van der Waals surface area contributed by atoms with Gasteiger partial charge in [-0.25, -0.2) is 0 Å². The van der Waals surface area contributed by atoms with Crippen LogP contribution in [0.5, 0.6) is 0 Å². The number of hydrogen-bond donors (Lipinski definition) is 0. The van der Waals surface area contributed by atoms with Crippen molar-refractivity contribution >= 4 is 29.6 Å². The highest BCUT2D eigenvalue weighted by Crippen LogP contribution is 2.21. The highest BCUT2D eigenvalue weighted by atomic mass is 35.5. The van der Waals surface area contributed by atoms with E-state index < -0.39 is 0 Å². The van der Waals surface area contributed by atoms with Crippen molar-refractivity contribution in [1.82, 2.24) is 14.9 Å². The second-order valence-electron chi connectivity index (χ2n) is 4.92. The van der Waals surface area contributed by atoms with Crippen LogP contribution in [-0.2, 0) is 5.75 Å². The normalized spacial score (nSPS) is 11.2. The molecule has 0 amide bonds. The molecule has 0 radical (unpaired) electrons. The van der Waals surface area contributed by atoms with Gasteiger partial charge in [-0.3, -0.25) is 0 Å². The van der Waals surface area contributed by atoms with E-state index in [1.165, 1.54) is 5.56 Å². The molecule has 0 spiro atoms. The van der Waals surface area contributed by atoms with Gasteiger partial charge in [0, 0.05) is 10.8 Å². The highest BCUT2D eigenvalue weighted by molar-refractivity contribution is 7.98. The molecule has 3 aromatic rings. The third-order valence-corrected chi connectivity index (χ3v) is 4.38. The number of aryl methyl sites for hydroxylation is 1. The van der Waals surface area contributed by atoms with Gasteiger partial charge in [-0.15, -0.1) is 10.2 Å². The molecule has 0 saturated heterocycles. The minimum absolute atomic E-state index is 0.688. The maximum absolute atomic E-state index is 5.99. The molecule has 0 saturated carbocycles. The van der Waals surface area contributed by atoms with E-state index in [0.29, 0.717) is 5.02 Å². The van der Waals surface area contributed by atoms with Gasteiger partial charge in [-0.05, 0) is 30.2 Å². The van der Waals surface area contributed by atoms with E-state index in [0.717, 1.165) is 22.3 Å². The van der Waals surface area contributed by atoms with Crippen molar-refractivity contribution in [3.05, 3.63) is 76.6 Å². The lowest BCUT2D eigenvalue weighted by atomic mass is 10.2. The molecule has 6 heteroatoms. The summed E-state index contributed by atoms with van der Waals surface area (Å²) in [6, 6.07) is 17.8.